The normalized spacial score (nSPS) is 17.6. The van der Waals surface area contributed by atoms with Crippen LogP contribution in [-0.4, -0.2) is 25.5 Å². The van der Waals surface area contributed by atoms with E-state index in [-0.39, 0.29) is 0 Å². The fourth-order valence-corrected chi connectivity index (χ4v) is 2.92. The van der Waals surface area contributed by atoms with E-state index in [1.807, 2.05) is 18.3 Å². The number of aryl methyl sites for hydroxylation is 1. The topological polar surface area (TPSA) is 51.0 Å². The van der Waals surface area contributed by atoms with Crippen molar-refractivity contribution in [2.24, 2.45) is 15.9 Å². The molecule has 2 rings (SSSR count). The van der Waals surface area contributed by atoms with Gasteiger partial charge in [-0.25, -0.2) is 4.79 Å². The smallest absolute Gasteiger partial charge is 0.330 e. The molecular weight excluding hydrogens is 372 g/mol. The van der Waals surface area contributed by atoms with Crippen molar-refractivity contribution in [1.29, 1.82) is 0 Å². The molecule has 0 saturated carbocycles. The molecule has 5 heteroatoms. The molecule has 1 aromatic rings. The molecule has 0 fully saturated rings. The van der Waals surface area contributed by atoms with Crippen LogP contribution in [0.3, 0.4) is 0 Å². The zero-order valence-corrected chi connectivity index (χ0v) is 16.8. The van der Waals surface area contributed by atoms with Gasteiger partial charge < -0.3 is 4.74 Å². The van der Waals surface area contributed by atoms with Crippen molar-refractivity contribution in [2.75, 3.05) is 7.11 Å². The Morgan fingerprint density at radius 3 is 2.86 bits per heavy atom. The minimum absolute atomic E-state index is 0.400. The highest BCUT2D eigenvalue weighted by Crippen LogP contribution is 2.23. The lowest BCUT2D eigenvalue weighted by molar-refractivity contribution is -0.134. The van der Waals surface area contributed by atoms with Crippen molar-refractivity contribution in [3.8, 4) is 0 Å². The zero-order valence-electron chi connectivity index (χ0n) is 16.1. The van der Waals surface area contributed by atoms with Crippen molar-refractivity contribution in [1.82, 2.24) is 0 Å². The number of hydrogen-bond donors (Lipinski definition) is 0. The van der Waals surface area contributed by atoms with Crippen LogP contribution in [0.1, 0.15) is 24.8 Å². The first-order chi connectivity index (χ1) is 13.6. The van der Waals surface area contributed by atoms with Gasteiger partial charge in [-0.15, -0.1) is 0 Å². The molecule has 0 N–H and O–H groups in total. The van der Waals surface area contributed by atoms with Gasteiger partial charge in [-0.05, 0) is 61.4 Å². The van der Waals surface area contributed by atoms with Crippen molar-refractivity contribution in [2.45, 2.75) is 25.7 Å². The van der Waals surface area contributed by atoms with Crippen LogP contribution in [0.15, 0.2) is 82.6 Å². The molecule has 1 aliphatic heterocycles. The molecule has 0 bridgehead atoms. The molecule has 1 atom stereocenters. The van der Waals surface area contributed by atoms with E-state index in [4.69, 9.17) is 11.6 Å². The Bertz CT molecular complexity index is 818. The Labute approximate surface area is 171 Å². The number of ether oxygens (including phenoxy) is 1. The lowest BCUT2D eigenvalue weighted by Crippen LogP contribution is -2.03. The molecule has 0 aliphatic carbocycles. The fourth-order valence-electron chi connectivity index (χ4n) is 2.80. The van der Waals surface area contributed by atoms with Crippen LogP contribution in [-0.2, 0) is 16.0 Å². The van der Waals surface area contributed by atoms with E-state index in [1.165, 1.54) is 24.9 Å². The van der Waals surface area contributed by atoms with E-state index >= 15 is 0 Å². The molecule has 0 radical (unpaired) electrons. The number of benzene rings is 1. The maximum atomic E-state index is 11.4. The molecule has 0 spiro atoms. The van der Waals surface area contributed by atoms with E-state index in [1.54, 1.807) is 18.4 Å². The zero-order chi connectivity index (χ0) is 20.2. The Hall–Kier alpha value is -2.72. The standard InChI is InChI=1S/C23H25ClN2O2/c1-3-25-16-15-20(11-14-23(27)28-2)22-6-4-5-19(17-26-22)8-7-18-9-12-21(24)13-10-18/h3,6,9-17,19H,1,4-5,7-8H2,2H3/b14-11+,20-15+,25-16+. The molecule has 28 heavy (non-hydrogen) atoms. The summed E-state index contributed by atoms with van der Waals surface area (Å²) in [6.07, 6.45) is 16.0. The number of carbonyl (C=O) groups is 1. The molecule has 1 unspecified atom stereocenters. The number of carbonyl (C=O) groups excluding carboxylic acids is 1. The molecule has 1 aliphatic rings. The van der Waals surface area contributed by atoms with E-state index in [0.29, 0.717) is 5.92 Å². The van der Waals surface area contributed by atoms with Gasteiger partial charge >= 0.3 is 5.97 Å². The highest BCUT2D eigenvalue weighted by Gasteiger charge is 2.11. The molecule has 1 heterocycles. The SMILES string of the molecule is C=C/N=C/C=C(\C=C\C(=O)OC)C1=CCCC(CCc2ccc(Cl)cc2)C=N1. The molecule has 0 aromatic heterocycles. The highest BCUT2D eigenvalue weighted by molar-refractivity contribution is 6.30. The third kappa shape index (κ3) is 7.49. The van der Waals surface area contributed by atoms with Gasteiger partial charge in [0.1, 0.15) is 0 Å². The van der Waals surface area contributed by atoms with Crippen LogP contribution in [0.5, 0.6) is 0 Å². The Morgan fingerprint density at radius 2 is 2.14 bits per heavy atom. The summed E-state index contributed by atoms with van der Waals surface area (Å²) < 4.78 is 4.67. The largest absolute Gasteiger partial charge is 0.466 e. The van der Waals surface area contributed by atoms with Gasteiger partial charge in [0.2, 0.25) is 0 Å². The lowest BCUT2D eigenvalue weighted by Gasteiger charge is -2.09. The van der Waals surface area contributed by atoms with Crippen LogP contribution in [0.2, 0.25) is 5.02 Å². The van der Waals surface area contributed by atoms with Gasteiger partial charge in [0.25, 0.3) is 0 Å². The number of halogens is 1. The third-order valence-electron chi connectivity index (χ3n) is 4.36. The quantitative estimate of drug-likeness (QED) is 0.252. The fraction of sp³-hybridized carbons (Fsp3) is 0.261. The molecule has 0 amide bonds. The number of nitrogens with zero attached hydrogens (tertiary/aromatic N) is 2. The summed E-state index contributed by atoms with van der Waals surface area (Å²) in [7, 11) is 1.35. The minimum atomic E-state index is -0.411. The number of methoxy groups -OCH3 is 1. The second-order valence-corrected chi connectivity index (χ2v) is 6.77. The van der Waals surface area contributed by atoms with Gasteiger partial charge in [0, 0.05) is 35.3 Å². The van der Waals surface area contributed by atoms with Crippen molar-refractivity contribution in [3.63, 3.8) is 0 Å². The van der Waals surface area contributed by atoms with Crippen molar-refractivity contribution in [3.05, 3.63) is 83.2 Å². The highest BCUT2D eigenvalue weighted by atomic mass is 35.5. The van der Waals surface area contributed by atoms with Gasteiger partial charge in [-0.1, -0.05) is 36.4 Å². The van der Waals surface area contributed by atoms with Gasteiger partial charge in [-0.2, -0.15) is 0 Å². The number of allylic oxidation sites excluding steroid dienone is 3. The van der Waals surface area contributed by atoms with Crippen LogP contribution < -0.4 is 0 Å². The summed E-state index contributed by atoms with van der Waals surface area (Å²) in [5.41, 5.74) is 2.90. The number of aliphatic imine (C=N–C) groups is 2. The molecule has 146 valence electrons. The average Bonchev–Trinajstić information content (AvgIpc) is 2.95. The van der Waals surface area contributed by atoms with Crippen molar-refractivity contribution >= 4 is 30.0 Å². The second kappa shape index (κ2) is 11.9. The lowest BCUT2D eigenvalue weighted by atomic mass is 9.96. The van der Waals surface area contributed by atoms with Crippen LogP contribution in [0, 0.1) is 5.92 Å². The van der Waals surface area contributed by atoms with Crippen LogP contribution >= 0.6 is 11.6 Å². The van der Waals surface area contributed by atoms with Crippen molar-refractivity contribution < 1.29 is 9.53 Å². The average molecular weight is 397 g/mol. The van der Waals surface area contributed by atoms with E-state index in [2.05, 4.69) is 39.5 Å². The number of esters is 1. The predicted molar refractivity (Wildman–Crippen MR) is 117 cm³/mol. The molecule has 0 saturated heterocycles. The van der Waals surface area contributed by atoms with Gasteiger partial charge in [0.15, 0.2) is 0 Å². The summed E-state index contributed by atoms with van der Waals surface area (Å²) in [4.78, 5) is 20.1. The maximum Gasteiger partial charge on any atom is 0.330 e. The molecule has 4 nitrogen and oxygen atoms in total. The predicted octanol–water partition coefficient (Wildman–Crippen LogP) is 5.51. The minimum Gasteiger partial charge on any atom is -0.466 e. The number of rotatable bonds is 8. The Kier molecular flexibility index (Phi) is 9.16. The Morgan fingerprint density at radius 1 is 1.36 bits per heavy atom. The van der Waals surface area contributed by atoms with Gasteiger partial charge in [0.05, 0.1) is 12.8 Å². The molecular formula is C23H25ClN2O2. The Balaban J connectivity index is 2.06. The maximum absolute atomic E-state index is 11.4. The number of hydrogen-bond acceptors (Lipinski definition) is 4. The van der Waals surface area contributed by atoms with E-state index in [9.17, 15) is 4.79 Å². The van der Waals surface area contributed by atoms with E-state index < -0.39 is 5.97 Å². The third-order valence-corrected chi connectivity index (χ3v) is 4.61. The first-order valence-corrected chi connectivity index (χ1v) is 9.59. The molecule has 1 aromatic carbocycles. The van der Waals surface area contributed by atoms with Crippen LogP contribution in [0.4, 0.5) is 0 Å². The summed E-state index contributed by atoms with van der Waals surface area (Å²) >= 11 is 5.95. The first-order valence-electron chi connectivity index (χ1n) is 9.22. The van der Waals surface area contributed by atoms with Gasteiger partial charge in [-0.3, -0.25) is 9.98 Å². The monoisotopic (exact) mass is 396 g/mol. The summed E-state index contributed by atoms with van der Waals surface area (Å²) in [6, 6.07) is 7.98. The summed E-state index contributed by atoms with van der Waals surface area (Å²) in [5, 5.41) is 0.757. The summed E-state index contributed by atoms with van der Waals surface area (Å²) in [6.45, 7) is 3.56. The van der Waals surface area contributed by atoms with E-state index in [0.717, 1.165) is 42.0 Å². The van der Waals surface area contributed by atoms with Crippen LogP contribution in [0.25, 0.3) is 0 Å². The summed E-state index contributed by atoms with van der Waals surface area (Å²) in [5.74, 6) is -0.0114. The first kappa shape index (κ1) is 21.6. The second-order valence-electron chi connectivity index (χ2n) is 6.33.